The average molecular weight is 1830 g/mol. The molecule has 33 nitrogen and oxygen atoms in total. The van der Waals surface area contributed by atoms with Gasteiger partial charge in [0.15, 0.2) is 32.5 Å². The van der Waals surface area contributed by atoms with Gasteiger partial charge in [-0.3, -0.25) is 19.3 Å². The van der Waals surface area contributed by atoms with Gasteiger partial charge < -0.3 is 93.3 Å². The van der Waals surface area contributed by atoms with Gasteiger partial charge in [0.25, 0.3) is 17.7 Å². The van der Waals surface area contributed by atoms with Gasteiger partial charge in [0.05, 0.1) is 47.8 Å². The number of rotatable bonds is 25. The largest absolute Gasteiger partial charge is 0.547 e. The van der Waals surface area contributed by atoms with Gasteiger partial charge in [-0.2, -0.15) is 34.4 Å². The molecule has 1 saturated heterocycles. The first kappa shape index (κ1) is 96.7. The minimum absolute atomic E-state index is 0.0292. The summed E-state index contributed by atoms with van der Waals surface area (Å²) >= 11 is 18.1. The van der Waals surface area contributed by atoms with Gasteiger partial charge >= 0.3 is 50.3 Å². The molecule has 2 bridgehead atoms. The Kier molecular flexibility index (Phi) is 32.3. The van der Waals surface area contributed by atoms with E-state index in [1.165, 1.54) is 70.7 Å². The standard InChI is InChI=1S/C43H57BN4O9S.C23H23BN4O6S.C16H17BN4O6S.BCl3/c1-40(2,3)54-37(50)29-20-16-19-27(35(29)52-12)21-33(44-56-32-23-28-22-31(42(28,7)8)43(32,9)57-44)47(10)36(49)34(46-53-24-26-17-14-13-15-18-26)30-25-58-38(45-30)48(11)39(51)55-41(4,5)6;1-25-23-26-17(13-35-23)19(27-33-12-14-7-4-3-5-8-14)21(29)28(2)18-11-15-9-6-10-16(22(30)31)20(15)34-24(18)32;1-18-16-19-10(7-28-16)12(20-26)14(22)21(2)11-6-8-4-3-5-9(15(23)24)13(8)27-17(11)25;2-1(3)4/h13-20,25,28,31-33H,21-24H2,1-12H3;3-10,13,18,32H,11-12H2,1-2H3,(H,25,26)(H,30,31);3-5,7,11,25-26H,6H2,1-2H3,(H,18,19)(H,23,24);/b46-34-;27-19-;20-12-;/t28-,31-,32?,33-,43-;18-;11-;/m000./s1. The molecule has 125 heavy (non-hydrogen) atoms. The van der Waals surface area contributed by atoms with Gasteiger partial charge in [0, 0.05) is 58.4 Å². The SMILES string of the molecule is CNc1nc(/C(=N/O)C(=O)N(C)[C@H]2Cc3cccc(C(=O)O)c3OB2O)cs1.CNc1nc(/C(=N/OCc2ccccc2)C(=O)N(C)[C@H]2Cc3cccc(C(=O)O)c3OB2O)cs1.COc1c(C[C@@H](B2OC3C[C@@H]4C[C@@H](C4(C)C)[C@]3(C)O2)N(C)C(=O)/C(=N\OCc2ccccc2)c2csc(N(C)C(=O)OC(C)(C)C)n2)cccc1C(=O)OC(C)(C)C.ClB(Cl)Cl. The molecule has 7 atom stereocenters. The fraction of sp³-hybridized carbons (Fsp3) is 0.402. The second-order valence-corrected chi connectivity index (χ2v) is 36.9. The zero-order valence-electron chi connectivity index (χ0n) is 71.5. The molecule has 14 rings (SSSR count). The maximum atomic E-state index is 15.0. The molecule has 1 unspecified atom stereocenters. The fourth-order valence-electron chi connectivity index (χ4n) is 15.0. The van der Waals surface area contributed by atoms with Gasteiger partial charge in [-0.05, 0) is 144 Å². The van der Waals surface area contributed by atoms with Crippen LogP contribution < -0.4 is 29.6 Å². The maximum Gasteiger partial charge on any atom is 0.547 e. The number of carbonyl (C=O) groups is 7. The number of ether oxygens (including phenoxy) is 3. The predicted octanol–water partition coefficient (Wildman–Crippen LogP) is 12.3. The van der Waals surface area contributed by atoms with Gasteiger partial charge in [-0.25, -0.2) is 34.1 Å². The summed E-state index contributed by atoms with van der Waals surface area (Å²) < 4.78 is 41.9. The Morgan fingerprint density at radius 1 is 0.624 bits per heavy atom. The molecular weight excluding hydrogens is 1730 g/mol. The summed E-state index contributed by atoms with van der Waals surface area (Å²) in [6.45, 7) is 17.8. The number of para-hydroxylation sites is 3. The number of anilines is 3. The van der Waals surface area contributed by atoms with Crippen LogP contribution in [0.15, 0.2) is 147 Å². The van der Waals surface area contributed by atoms with Crippen LogP contribution >= 0.6 is 68.4 Å². The van der Waals surface area contributed by atoms with Crippen molar-refractivity contribution in [1.29, 1.82) is 0 Å². The topological polar surface area (TPSA) is 416 Å². The van der Waals surface area contributed by atoms with Gasteiger partial charge in [0.2, 0.25) is 0 Å². The number of hydrogen-bond donors (Lipinski definition) is 7. The molecule has 6 heterocycles. The molecule has 3 saturated carbocycles. The number of methoxy groups -OCH3 is 1. The van der Waals surface area contributed by atoms with Crippen LogP contribution in [0.1, 0.15) is 151 Å². The summed E-state index contributed by atoms with van der Waals surface area (Å²) in [6, 6.07) is 33.5. The second-order valence-electron chi connectivity index (χ2n) is 32.3. The van der Waals surface area contributed by atoms with Crippen molar-refractivity contribution in [2.45, 2.75) is 148 Å². The van der Waals surface area contributed by atoms with Crippen LogP contribution in [-0.4, -0.2) is 230 Å². The Hall–Kier alpha value is -10.5. The molecule has 0 radical (unpaired) electrons. The third-order valence-corrected chi connectivity index (χ3v) is 24.1. The van der Waals surface area contributed by atoms with Crippen LogP contribution in [0.3, 0.4) is 0 Å². The molecule has 4 amide bonds. The maximum absolute atomic E-state index is 15.0. The van der Waals surface area contributed by atoms with E-state index in [1.54, 1.807) is 106 Å². The Morgan fingerprint density at radius 2 is 1.08 bits per heavy atom. The van der Waals surface area contributed by atoms with Crippen molar-refractivity contribution in [3.63, 3.8) is 0 Å². The fourth-order valence-corrected chi connectivity index (χ4v) is 17.0. The molecule has 5 aromatic carbocycles. The molecular formula is C82H97B4Cl3N12O21S3. The van der Waals surface area contributed by atoms with E-state index in [2.05, 4.69) is 61.8 Å². The monoisotopic (exact) mass is 1830 g/mol. The van der Waals surface area contributed by atoms with Crippen LogP contribution in [-0.2, 0) is 75.3 Å². The average Bonchev–Trinajstić information content (AvgIpc) is 1.60. The first-order chi connectivity index (χ1) is 59.1. The van der Waals surface area contributed by atoms with Crippen LogP contribution in [0.4, 0.5) is 20.2 Å². The number of carbonyl (C=O) groups excluding carboxylic acids is 5. The van der Waals surface area contributed by atoms with E-state index in [0.717, 1.165) is 35.3 Å². The number of esters is 1. The first-order valence-corrected chi connectivity index (χ1v) is 43.3. The Labute approximate surface area is 751 Å². The number of fused-ring (bicyclic) bond motifs is 2. The number of thiazole rings is 3. The van der Waals surface area contributed by atoms with Crippen molar-refractivity contribution in [3.05, 3.63) is 193 Å². The first-order valence-electron chi connectivity index (χ1n) is 39.4. The molecule has 4 fully saturated rings. The smallest absolute Gasteiger partial charge is 0.534 e. The lowest BCUT2D eigenvalue weighted by molar-refractivity contribution is -0.199. The number of carboxylic acid groups (broad SMARTS) is 2. The summed E-state index contributed by atoms with van der Waals surface area (Å²) in [5, 5.41) is 72.7. The molecule has 8 aromatic rings. The number of aromatic nitrogens is 3. The van der Waals surface area contributed by atoms with E-state index in [1.807, 2.05) is 87.5 Å². The van der Waals surface area contributed by atoms with Crippen molar-refractivity contribution in [2.24, 2.45) is 32.7 Å². The summed E-state index contributed by atoms with van der Waals surface area (Å²) in [7, 11) is 7.34. The predicted molar refractivity (Wildman–Crippen MR) is 480 cm³/mol. The molecule has 6 aliphatic rings. The molecule has 7 N–H and O–H groups in total. The van der Waals surface area contributed by atoms with E-state index in [4.69, 9.17) is 76.9 Å². The van der Waals surface area contributed by atoms with Crippen molar-refractivity contribution >= 4 is 169 Å². The van der Waals surface area contributed by atoms with Gasteiger partial charge in [-0.1, -0.05) is 126 Å². The molecule has 0 spiro atoms. The van der Waals surface area contributed by atoms with Crippen LogP contribution in [0, 0.1) is 17.3 Å². The van der Waals surface area contributed by atoms with Crippen LogP contribution in [0.5, 0.6) is 17.2 Å². The van der Waals surface area contributed by atoms with E-state index < -0.39 is 103 Å². The van der Waals surface area contributed by atoms with Crippen LogP contribution in [0.25, 0.3) is 0 Å². The number of carboxylic acids is 2. The number of oxime groups is 3. The molecule has 3 aliphatic heterocycles. The normalized spacial score (nSPS) is 18.7. The highest BCUT2D eigenvalue weighted by Gasteiger charge is 2.69. The lowest BCUT2D eigenvalue weighted by atomic mass is 9.43. The lowest BCUT2D eigenvalue weighted by Gasteiger charge is -2.64. The molecule has 43 heteroatoms. The molecule has 662 valence electrons. The highest BCUT2D eigenvalue weighted by Crippen LogP contribution is 2.66. The van der Waals surface area contributed by atoms with Crippen molar-refractivity contribution in [3.8, 4) is 17.2 Å². The quantitative estimate of drug-likeness (QED) is 0.00918. The number of hydrogen-bond acceptors (Lipinski definition) is 30. The Morgan fingerprint density at radius 3 is 1.54 bits per heavy atom. The lowest BCUT2D eigenvalue weighted by Crippen LogP contribution is -2.65. The minimum Gasteiger partial charge on any atom is -0.534 e. The van der Waals surface area contributed by atoms with Gasteiger partial charge in [-0.15, -0.1) is 34.0 Å². The summed E-state index contributed by atoms with van der Waals surface area (Å²) in [5.41, 5.74) is 2.06. The Bertz CT molecular complexity index is 5280. The second kappa shape index (κ2) is 41.7. The molecule has 3 aromatic heterocycles. The van der Waals surface area contributed by atoms with Crippen LogP contribution in [0.2, 0.25) is 0 Å². The van der Waals surface area contributed by atoms with E-state index in [9.17, 15) is 59.0 Å². The number of benzene rings is 5. The third-order valence-electron chi connectivity index (χ3n) is 21.5. The van der Waals surface area contributed by atoms with Crippen molar-refractivity contribution in [1.82, 2.24) is 29.7 Å². The number of nitrogens with zero attached hydrogens (tertiary/aromatic N) is 10. The summed E-state index contributed by atoms with van der Waals surface area (Å²) in [5.74, 6) is -5.62. The summed E-state index contributed by atoms with van der Waals surface area (Å²) in [6.07, 6.45) is 1.70. The highest BCUT2D eigenvalue weighted by molar-refractivity contribution is 7.54. The number of aromatic carboxylic acids is 2. The molecule has 3 aliphatic carbocycles. The number of amides is 4. The number of halogens is 3. The Balaban J connectivity index is 0.000000207. The van der Waals surface area contributed by atoms with E-state index in [0.29, 0.717) is 49.4 Å². The third kappa shape index (κ3) is 23.4. The number of likely N-dealkylation sites (N-methyl/N-ethyl adjacent to an activating group) is 3. The van der Waals surface area contributed by atoms with E-state index in [-0.39, 0.29) is 107 Å². The van der Waals surface area contributed by atoms with Gasteiger partial charge in [0.1, 0.15) is 64.3 Å². The zero-order chi connectivity index (χ0) is 91.3. The van der Waals surface area contributed by atoms with Crippen molar-refractivity contribution < 1.29 is 102 Å². The highest BCUT2D eigenvalue weighted by atomic mass is 35.6. The zero-order valence-corrected chi connectivity index (χ0v) is 76.2. The van der Waals surface area contributed by atoms with Crippen molar-refractivity contribution in [2.75, 3.05) is 64.9 Å². The minimum atomic E-state index is -1.45. The number of nitrogens with one attached hydrogen (secondary N) is 2. The summed E-state index contributed by atoms with van der Waals surface area (Å²) in [4.78, 5) is 120. The van der Waals surface area contributed by atoms with E-state index >= 15 is 0 Å².